The van der Waals surface area contributed by atoms with Gasteiger partial charge < -0.3 is 19.3 Å². The van der Waals surface area contributed by atoms with Crippen molar-refractivity contribution in [2.75, 3.05) is 66.6 Å². The van der Waals surface area contributed by atoms with E-state index in [-0.39, 0.29) is 16.4 Å². The van der Waals surface area contributed by atoms with Gasteiger partial charge in [-0.1, -0.05) is 0 Å². The number of hydrogen-bond donors (Lipinski definition) is 0. The number of likely N-dealkylation sites (N-methyl/N-ethyl adjacent to an activating group) is 1. The summed E-state index contributed by atoms with van der Waals surface area (Å²) in [5.74, 6) is 0.138. The van der Waals surface area contributed by atoms with Gasteiger partial charge in [0.15, 0.2) is 0 Å². The summed E-state index contributed by atoms with van der Waals surface area (Å²) in [7, 11) is -0.201. The molecular formula is C17H25N3O5S. The molecule has 0 atom stereocenters. The highest BCUT2D eigenvalue weighted by molar-refractivity contribution is 7.89. The second-order valence-corrected chi connectivity index (χ2v) is 8.41. The molecule has 1 amide bonds. The Morgan fingerprint density at radius 1 is 1.08 bits per heavy atom. The predicted octanol–water partition coefficient (Wildman–Crippen LogP) is 0.104. The lowest BCUT2D eigenvalue weighted by Gasteiger charge is -2.32. The molecule has 1 aromatic carbocycles. The normalized spacial score (nSPS) is 20.2. The van der Waals surface area contributed by atoms with Gasteiger partial charge in [-0.25, -0.2) is 8.42 Å². The molecule has 0 aliphatic carbocycles. The van der Waals surface area contributed by atoms with Crippen molar-refractivity contribution >= 4 is 15.9 Å². The third-order valence-corrected chi connectivity index (χ3v) is 6.69. The van der Waals surface area contributed by atoms with Gasteiger partial charge in [0.05, 0.1) is 30.8 Å². The molecule has 2 aliphatic heterocycles. The molecule has 2 saturated heterocycles. The van der Waals surface area contributed by atoms with Crippen molar-refractivity contribution in [3.8, 4) is 5.75 Å². The Bertz CT molecular complexity index is 754. The average Bonchev–Trinajstić information content (AvgIpc) is 2.68. The highest BCUT2D eigenvalue weighted by atomic mass is 32.2. The lowest BCUT2D eigenvalue weighted by molar-refractivity contribution is 0.0300. The minimum absolute atomic E-state index is 0.125. The van der Waals surface area contributed by atoms with Crippen molar-refractivity contribution in [1.82, 2.24) is 14.1 Å². The summed E-state index contributed by atoms with van der Waals surface area (Å²) in [6.07, 6.45) is 0. The summed E-state index contributed by atoms with van der Waals surface area (Å²) in [4.78, 5) is 16.7. The molecule has 0 N–H and O–H groups in total. The molecule has 0 spiro atoms. The van der Waals surface area contributed by atoms with Crippen LogP contribution in [0.3, 0.4) is 0 Å². The molecule has 9 heteroatoms. The van der Waals surface area contributed by atoms with Crippen molar-refractivity contribution in [3.05, 3.63) is 23.8 Å². The molecular weight excluding hydrogens is 358 g/mol. The fraction of sp³-hybridized carbons (Fsp3) is 0.588. The van der Waals surface area contributed by atoms with E-state index in [9.17, 15) is 13.2 Å². The summed E-state index contributed by atoms with van der Waals surface area (Å²) >= 11 is 0. The number of methoxy groups -OCH3 is 1. The van der Waals surface area contributed by atoms with Crippen LogP contribution in [0.1, 0.15) is 10.4 Å². The molecule has 1 aromatic rings. The van der Waals surface area contributed by atoms with Crippen LogP contribution in [0.2, 0.25) is 0 Å². The van der Waals surface area contributed by atoms with Crippen LogP contribution in [0, 0.1) is 0 Å². The van der Waals surface area contributed by atoms with Gasteiger partial charge in [-0.2, -0.15) is 4.31 Å². The van der Waals surface area contributed by atoms with Gasteiger partial charge in [0, 0.05) is 39.3 Å². The molecule has 0 radical (unpaired) electrons. The number of amides is 1. The maximum Gasteiger partial charge on any atom is 0.257 e. The highest BCUT2D eigenvalue weighted by Crippen LogP contribution is 2.26. The van der Waals surface area contributed by atoms with Crippen molar-refractivity contribution in [3.63, 3.8) is 0 Å². The van der Waals surface area contributed by atoms with E-state index in [2.05, 4.69) is 4.90 Å². The first-order valence-electron chi connectivity index (χ1n) is 8.67. The van der Waals surface area contributed by atoms with Crippen LogP contribution in [-0.4, -0.2) is 95.1 Å². The molecule has 26 heavy (non-hydrogen) atoms. The molecule has 2 aliphatic rings. The Hall–Kier alpha value is -1.68. The lowest BCUT2D eigenvalue weighted by Crippen LogP contribution is -2.47. The first-order valence-corrected chi connectivity index (χ1v) is 10.1. The Morgan fingerprint density at radius 2 is 1.73 bits per heavy atom. The second-order valence-electron chi connectivity index (χ2n) is 6.47. The summed E-state index contributed by atoms with van der Waals surface area (Å²) in [6.45, 7) is 4.19. The third kappa shape index (κ3) is 3.85. The molecule has 0 unspecified atom stereocenters. The van der Waals surface area contributed by atoms with E-state index >= 15 is 0 Å². The minimum atomic E-state index is -3.64. The summed E-state index contributed by atoms with van der Waals surface area (Å²) in [5, 5.41) is 0. The lowest BCUT2D eigenvalue weighted by atomic mass is 10.1. The zero-order valence-corrected chi connectivity index (χ0v) is 16.0. The number of nitrogens with zero attached hydrogens (tertiary/aromatic N) is 3. The molecule has 0 aromatic heterocycles. The molecule has 0 bridgehead atoms. The van der Waals surface area contributed by atoms with Gasteiger partial charge in [-0.3, -0.25) is 4.79 Å². The van der Waals surface area contributed by atoms with E-state index in [1.165, 1.54) is 23.5 Å². The maximum absolute atomic E-state index is 13.0. The highest BCUT2D eigenvalue weighted by Gasteiger charge is 2.30. The number of rotatable bonds is 4. The number of carbonyl (C=O) groups excluding carboxylic acids is 1. The Kier molecular flexibility index (Phi) is 5.81. The summed E-state index contributed by atoms with van der Waals surface area (Å²) < 4.78 is 38.0. The maximum atomic E-state index is 13.0. The number of piperazine rings is 1. The van der Waals surface area contributed by atoms with E-state index in [1.807, 2.05) is 7.05 Å². The van der Waals surface area contributed by atoms with Gasteiger partial charge in [0.1, 0.15) is 5.75 Å². The van der Waals surface area contributed by atoms with Crippen LogP contribution < -0.4 is 4.74 Å². The SMILES string of the molecule is COc1ccc(S(=O)(=O)N2CCN(C)CC2)cc1C(=O)N1CCOCC1. The molecule has 144 valence electrons. The van der Waals surface area contributed by atoms with Gasteiger partial charge in [0.25, 0.3) is 5.91 Å². The zero-order chi connectivity index (χ0) is 18.7. The van der Waals surface area contributed by atoms with Gasteiger partial charge >= 0.3 is 0 Å². The van der Waals surface area contributed by atoms with Crippen molar-refractivity contribution in [1.29, 1.82) is 0 Å². The number of hydrogen-bond acceptors (Lipinski definition) is 6. The predicted molar refractivity (Wildman–Crippen MR) is 96.0 cm³/mol. The summed E-state index contributed by atoms with van der Waals surface area (Å²) in [6, 6.07) is 4.49. The van der Waals surface area contributed by atoms with Crippen LogP contribution >= 0.6 is 0 Å². The van der Waals surface area contributed by atoms with Crippen LogP contribution in [0.15, 0.2) is 23.1 Å². The third-order valence-electron chi connectivity index (χ3n) is 4.80. The monoisotopic (exact) mass is 383 g/mol. The number of morpholine rings is 1. The summed E-state index contributed by atoms with van der Waals surface area (Å²) in [5.41, 5.74) is 0.268. The van der Waals surface area contributed by atoms with Crippen LogP contribution in [0.25, 0.3) is 0 Å². The number of benzene rings is 1. The standard InChI is InChI=1S/C17H25N3O5S/c1-18-5-7-20(8-6-18)26(22,23)14-3-4-16(24-2)15(13-14)17(21)19-9-11-25-12-10-19/h3-4,13H,5-12H2,1-2H3. The number of sulfonamides is 1. The largest absolute Gasteiger partial charge is 0.496 e. The molecule has 2 heterocycles. The Labute approximate surface area is 154 Å². The Balaban J connectivity index is 1.90. The van der Waals surface area contributed by atoms with Crippen LogP contribution in [0.4, 0.5) is 0 Å². The van der Waals surface area contributed by atoms with Crippen LogP contribution in [0.5, 0.6) is 5.75 Å². The fourth-order valence-electron chi connectivity index (χ4n) is 3.13. The van der Waals surface area contributed by atoms with E-state index < -0.39 is 10.0 Å². The smallest absolute Gasteiger partial charge is 0.257 e. The van der Waals surface area contributed by atoms with Gasteiger partial charge in [-0.05, 0) is 25.2 Å². The number of ether oxygens (including phenoxy) is 2. The van der Waals surface area contributed by atoms with Crippen molar-refractivity contribution in [2.24, 2.45) is 0 Å². The Morgan fingerprint density at radius 3 is 2.35 bits per heavy atom. The molecule has 0 saturated carbocycles. The molecule has 2 fully saturated rings. The van der Waals surface area contributed by atoms with E-state index in [1.54, 1.807) is 11.0 Å². The van der Waals surface area contributed by atoms with E-state index in [0.29, 0.717) is 58.2 Å². The fourth-order valence-corrected chi connectivity index (χ4v) is 4.58. The number of carbonyl (C=O) groups is 1. The van der Waals surface area contributed by atoms with Crippen molar-refractivity contribution < 1.29 is 22.7 Å². The quantitative estimate of drug-likeness (QED) is 0.734. The first-order chi connectivity index (χ1) is 12.4. The first kappa shape index (κ1) is 19.1. The minimum Gasteiger partial charge on any atom is -0.496 e. The van der Waals surface area contributed by atoms with Crippen LogP contribution in [-0.2, 0) is 14.8 Å². The van der Waals surface area contributed by atoms with Gasteiger partial charge in [0.2, 0.25) is 10.0 Å². The van der Waals surface area contributed by atoms with E-state index in [0.717, 1.165) is 0 Å². The molecule has 3 rings (SSSR count). The van der Waals surface area contributed by atoms with Gasteiger partial charge in [-0.15, -0.1) is 0 Å². The van der Waals surface area contributed by atoms with E-state index in [4.69, 9.17) is 9.47 Å². The topological polar surface area (TPSA) is 79.4 Å². The zero-order valence-electron chi connectivity index (χ0n) is 15.2. The second kappa shape index (κ2) is 7.91. The van der Waals surface area contributed by atoms with Crippen molar-refractivity contribution in [2.45, 2.75) is 4.90 Å². The average molecular weight is 383 g/mol. The molecule has 8 nitrogen and oxygen atoms in total.